The van der Waals surface area contributed by atoms with Crippen LogP contribution in [0.1, 0.15) is 85.1 Å². The van der Waals surface area contributed by atoms with Crippen LogP contribution in [0.5, 0.6) is 0 Å². The molecule has 0 radical (unpaired) electrons. The van der Waals surface area contributed by atoms with E-state index in [9.17, 15) is 9.59 Å². The molecule has 56 heavy (non-hydrogen) atoms. The van der Waals surface area contributed by atoms with Crippen LogP contribution in [-0.4, -0.2) is 46.9 Å². The van der Waals surface area contributed by atoms with Crippen LogP contribution in [-0.2, 0) is 19.1 Å². The van der Waals surface area contributed by atoms with Gasteiger partial charge in [-0.25, -0.2) is 0 Å². The lowest BCUT2D eigenvalue weighted by Gasteiger charge is -2.45. The summed E-state index contributed by atoms with van der Waals surface area (Å²) in [5.74, 6) is 1.21. The summed E-state index contributed by atoms with van der Waals surface area (Å²) in [6.45, 7) is 9.10. The second kappa shape index (κ2) is 18.3. The molecule has 10 heteroatoms. The first kappa shape index (κ1) is 40.6. The summed E-state index contributed by atoms with van der Waals surface area (Å²) in [6.07, 6.45) is 7.50. The third-order valence-corrected chi connectivity index (χ3v) is 11.8. The van der Waals surface area contributed by atoms with Gasteiger partial charge in [0.15, 0.2) is 0 Å². The molecule has 292 valence electrons. The molecule has 8 rings (SSSR count). The van der Waals surface area contributed by atoms with Crippen molar-refractivity contribution >= 4 is 58.2 Å². The summed E-state index contributed by atoms with van der Waals surface area (Å²) >= 11 is 24.7. The Kier molecular flexibility index (Phi) is 13.3. The zero-order valence-electron chi connectivity index (χ0n) is 31.1. The molecular weight excluding hydrogens is 786 g/mol. The van der Waals surface area contributed by atoms with Crippen LogP contribution < -0.4 is 0 Å². The van der Waals surface area contributed by atoms with Gasteiger partial charge in [0.2, 0.25) is 0 Å². The first-order valence-corrected chi connectivity index (χ1v) is 20.8. The van der Waals surface area contributed by atoms with Gasteiger partial charge in [-0.1, -0.05) is 107 Å². The molecule has 6 atom stereocenters. The van der Waals surface area contributed by atoms with Crippen LogP contribution in [0, 0.1) is 11.8 Å². The normalized spacial score (nSPS) is 25.0. The van der Waals surface area contributed by atoms with E-state index in [0.29, 0.717) is 44.8 Å². The van der Waals surface area contributed by atoms with Gasteiger partial charge in [-0.2, -0.15) is 0 Å². The van der Waals surface area contributed by atoms with E-state index in [0.717, 1.165) is 35.3 Å². The summed E-state index contributed by atoms with van der Waals surface area (Å²) in [4.78, 5) is 30.6. The molecular formula is C46H46Cl4N2O4. The zero-order valence-corrected chi connectivity index (χ0v) is 34.1. The second-order valence-electron chi connectivity index (χ2n) is 15.1. The standard InChI is InChI=1S/2C23H23Cl2NO2/c2*1-2-4-20-23(27)26(14-15-7-8-15)21(16-9-11-18(24)12-10-16)22(28-20)17-5-3-6-19(25)13-17/h2*2-3,5-6,9-13,15,20-22H,1,4,7-8,14H2/t2*20-,21+,22-/m10/s1. The smallest absolute Gasteiger partial charge is 0.252 e. The van der Waals surface area contributed by atoms with Crippen molar-refractivity contribution in [2.24, 2.45) is 11.8 Å². The predicted octanol–water partition coefficient (Wildman–Crippen LogP) is 12.0. The summed E-state index contributed by atoms with van der Waals surface area (Å²) in [6, 6.07) is 30.3. The van der Waals surface area contributed by atoms with Crippen molar-refractivity contribution in [1.29, 1.82) is 0 Å². The summed E-state index contributed by atoms with van der Waals surface area (Å²) in [5, 5.41) is 2.65. The maximum Gasteiger partial charge on any atom is 0.252 e. The Bertz CT molecular complexity index is 1870. The highest BCUT2D eigenvalue weighted by atomic mass is 35.5. The van der Waals surface area contributed by atoms with Gasteiger partial charge in [0.1, 0.15) is 24.4 Å². The quantitative estimate of drug-likeness (QED) is 0.133. The van der Waals surface area contributed by atoms with Crippen molar-refractivity contribution in [3.8, 4) is 0 Å². The van der Waals surface area contributed by atoms with Crippen molar-refractivity contribution in [1.82, 2.24) is 9.80 Å². The highest BCUT2D eigenvalue weighted by Gasteiger charge is 2.46. The van der Waals surface area contributed by atoms with E-state index in [1.807, 2.05) is 107 Å². The number of rotatable bonds is 12. The van der Waals surface area contributed by atoms with E-state index >= 15 is 0 Å². The van der Waals surface area contributed by atoms with Gasteiger partial charge in [-0.15, -0.1) is 13.2 Å². The van der Waals surface area contributed by atoms with E-state index < -0.39 is 12.2 Å². The Morgan fingerprint density at radius 1 is 0.536 bits per heavy atom. The van der Waals surface area contributed by atoms with Crippen LogP contribution in [0.25, 0.3) is 0 Å². The van der Waals surface area contributed by atoms with E-state index in [-0.39, 0.29) is 36.1 Å². The van der Waals surface area contributed by atoms with Gasteiger partial charge in [0, 0.05) is 46.0 Å². The first-order valence-electron chi connectivity index (χ1n) is 19.3. The topological polar surface area (TPSA) is 59.1 Å². The molecule has 0 spiro atoms. The minimum atomic E-state index is -0.524. The highest BCUT2D eigenvalue weighted by molar-refractivity contribution is 6.31. The SMILES string of the molecule is C=CC[C@@H]1O[C@@H](c2cccc(Cl)c2)[C@@H](c2ccc(Cl)cc2)N(CC2CC2)C1=O.C=CC[C@H]1O[C@H](c2cccc(Cl)c2)[C@H](c2ccc(Cl)cc2)N(CC2CC2)C1=O. The first-order chi connectivity index (χ1) is 27.1. The Balaban J connectivity index is 0.000000172. The molecule has 4 aromatic rings. The molecule has 4 fully saturated rings. The third-order valence-electron chi connectivity index (χ3n) is 10.8. The fourth-order valence-corrected chi connectivity index (χ4v) is 8.34. The lowest BCUT2D eigenvalue weighted by Crippen LogP contribution is -2.51. The molecule has 4 aliphatic rings. The number of nitrogens with zero attached hydrogens (tertiary/aromatic N) is 2. The number of carbonyl (C=O) groups is 2. The molecule has 0 unspecified atom stereocenters. The van der Waals surface area contributed by atoms with E-state index in [4.69, 9.17) is 55.9 Å². The molecule has 2 saturated carbocycles. The Hall–Kier alpha value is -3.62. The number of hydrogen-bond acceptors (Lipinski definition) is 4. The van der Waals surface area contributed by atoms with Crippen molar-refractivity contribution < 1.29 is 19.1 Å². The average Bonchev–Trinajstić information content (AvgIpc) is 4.14. The van der Waals surface area contributed by atoms with E-state index in [1.165, 1.54) is 25.7 Å². The summed E-state index contributed by atoms with van der Waals surface area (Å²) in [5.41, 5.74) is 3.96. The van der Waals surface area contributed by atoms with Gasteiger partial charge in [-0.05, 0) is 108 Å². The van der Waals surface area contributed by atoms with Gasteiger partial charge in [-0.3, -0.25) is 9.59 Å². The fourth-order valence-electron chi connectivity index (χ4n) is 7.69. The lowest BCUT2D eigenvalue weighted by atomic mass is 9.91. The van der Waals surface area contributed by atoms with E-state index in [1.54, 1.807) is 12.2 Å². The Labute approximate surface area is 350 Å². The predicted molar refractivity (Wildman–Crippen MR) is 225 cm³/mol. The van der Waals surface area contributed by atoms with Crippen LogP contribution in [0.15, 0.2) is 122 Å². The molecule has 2 aliphatic carbocycles. The third kappa shape index (κ3) is 9.73. The van der Waals surface area contributed by atoms with E-state index in [2.05, 4.69) is 13.2 Å². The highest BCUT2D eigenvalue weighted by Crippen LogP contribution is 2.47. The second-order valence-corrected chi connectivity index (χ2v) is 16.9. The maximum atomic E-state index is 13.3. The Morgan fingerprint density at radius 3 is 1.23 bits per heavy atom. The van der Waals surface area contributed by atoms with Crippen molar-refractivity contribution in [2.45, 2.75) is 75.0 Å². The van der Waals surface area contributed by atoms with Crippen LogP contribution in [0.2, 0.25) is 20.1 Å². The lowest BCUT2D eigenvalue weighted by molar-refractivity contribution is -0.174. The molecule has 0 aromatic heterocycles. The van der Waals surface area contributed by atoms with Gasteiger partial charge in [0.05, 0.1) is 12.1 Å². The number of carbonyl (C=O) groups excluding carboxylic acids is 2. The number of hydrogen-bond donors (Lipinski definition) is 0. The minimum absolute atomic E-state index is 0.0324. The monoisotopic (exact) mass is 830 g/mol. The Morgan fingerprint density at radius 2 is 0.911 bits per heavy atom. The molecule has 6 nitrogen and oxygen atoms in total. The fraction of sp³-hybridized carbons (Fsp3) is 0.348. The van der Waals surface area contributed by atoms with Crippen LogP contribution >= 0.6 is 46.4 Å². The van der Waals surface area contributed by atoms with Gasteiger partial charge >= 0.3 is 0 Å². The van der Waals surface area contributed by atoms with Gasteiger partial charge < -0.3 is 19.3 Å². The number of amides is 2. The number of benzene rings is 4. The van der Waals surface area contributed by atoms with Crippen LogP contribution in [0.3, 0.4) is 0 Å². The zero-order chi connectivity index (χ0) is 39.3. The molecule has 2 heterocycles. The number of morpholine rings is 2. The molecule has 0 N–H and O–H groups in total. The van der Waals surface area contributed by atoms with Crippen molar-refractivity contribution in [2.75, 3.05) is 13.1 Å². The minimum Gasteiger partial charge on any atom is -0.358 e. The van der Waals surface area contributed by atoms with Gasteiger partial charge in [0.25, 0.3) is 11.8 Å². The summed E-state index contributed by atoms with van der Waals surface area (Å²) in [7, 11) is 0. The largest absolute Gasteiger partial charge is 0.358 e. The van der Waals surface area contributed by atoms with Crippen LogP contribution in [0.4, 0.5) is 0 Å². The number of halogens is 4. The van der Waals surface area contributed by atoms with Crippen molar-refractivity contribution in [3.63, 3.8) is 0 Å². The summed E-state index contributed by atoms with van der Waals surface area (Å²) < 4.78 is 12.7. The number of ether oxygens (including phenoxy) is 2. The average molecular weight is 833 g/mol. The molecule has 0 bridgehead atoms. The van der Waals surface area contributed by atoms with Crippen molar-refractivity contribution in [3.05, 3.63) is 165 Å². The molecule has 2 saturated heterocycles. The molecule has 4 aromatic carbocycles. The molecule has 2 aliphatic heterocycles. The molecule has 2 amide bonds. The maximum absolute atomic E-state index is 13.3.